The molecule has 4 nitrogen and oxygen atoms in total. The molecule has 0 radical (unpaired) electrons. The van der Waals surface area contributed by atoms with E-state index >= 15 is 0 Å². The third-order valence-corrected chi connectivity index (χ3v) is 6.04. The van der Waals surface area contributed by atoms with Gasteiger partial charge in [0.1, 0.15) is 12.5 Å². The second-order valence-corrected chi connectivity index (χ2v) is 8.36. The van der Waals surface area contributed by atoms with Gasteiger partial charge in [0.15, 0.2) is 0 Å². The van der Waals surface area contributed by atoms with Crippen molar-refractivity contribution < 1.29 is 8.98 Å². The monoisotopic (exact) mass is 448 g/mol. The Hall–Kier alpha value is -2.89. The van der Waals surface area contributed by atoms with Gasteiger partial charge in [0.2, 0.25) is 0 Å². The number of nitrogens with zero attached hydrogens (tertiary/aromatic N) is 1. The van der Waals surface area contributed by atoms with Crippen molar-refractivity contribution in [3.63, 3.8) is 0 Å². The van der Waals surface area contributed by atoms with Crippen molar-refractivity contribution >= 4 is 24.4 Å². The van der Waals surface area contributed by atoms with E-state index in [0.717, 1.165) is 18.6 Å². The zero-order valence-electron chi connectivity index (χ0n) is 19.1. The van der Waals surface area contributed by atoms with Gasteiger partial charge >= 0.3 is 0 Å². The normalized spacial score (nSPS) is 12.9. The molecule has 5 heteroatoms. The van der Waals surface area contributed by atoms with E-state index < -0.39 is 0 Å². The van der Waals surface area contributed by atoms with Crippen LogP contribution in [0.15, 0.2) is 73.6 Å². The largest absolute Gasteiger partial charge is 0.425 e. The number of rotatable bonds is 5. The fourth-order valence-corrected chi connectivity index (χ4v) is 4.33. The van der Waals surface area contributed by atoms with Gasteiger partial charge in [0.25, 0.3) is 0 Å². The third kappa shape index (κ3) is 7.08. The first-order valence-electron chi connectivity index (χ1n) is 10.6. The van der Waals surface area contributed by atoms with E-state index in [9.17, 15) is 0 Å². The highest BCUT2D eigenvalue weighted by Crippen LogP contribution is 2.38. The van der Waals surface area contributed by atoms with Crippen LogP contribution in [0, 0.1) is 6.92 Å². The molecule has 1 unspecified atom stereocenters. The van der Waals surface area contributed by atoms with E-state index in [4.69, 9.17) is 8.98 Å². The van der Waals surface area contributed by atoms with E-state index in [0.29, 0.717) is 0 Å². The number of hydrogen-bond acceptors (Lipinski definition) is 5. The third-order valence-electron chi connectivity index (χ3n) is 5.01. The van der Waals surface area contributed by atoms with Crippen molar-refractivity contribution in [2.75, 3.05) is 14.1 Å². The number of hydrogen-bond donors (Lipinski definition) is 1. The Balaban J connectivity index is 0.000000671. The van der Waals surface area contributed by atoms with Crippen LogP contribution in [0.25, 0.3) is 5.57 Å². The number of benzene rings is 2. The van der Waals surface area contributed by atoms with Gasteiger partial charge in [-0.3, -0.25) is 4.98 Å². The smallest absolute Gasteiger partial charge is 0.137 e. The van der Waals surface area contributed by atoms with Gasteiger partial charge in [-0.25, -0.2) is 0 Å². The molecule has 32 heavy (non-hydrogen) atoms. The number of allylic oxidation sites excluding steroid dienone is 1. The summed E-state index contributed by atoms with van der Waals surface area (Å²) in [4.78, 5) is 12.2. The van der Waals surface area contributed by atoms with Crippen LogP contribution < -0.4 is 9.50 Å². The average molecular weight is 449 g/mol. The van der Waals surface area contributed by atoms with Crippen molar-refractivity contribution in [3.05, 3.63) is 101 Å². The highest BCUT2D eigenvalue weighted by atomic mass is 32.2. The van der Waals surface area contributed by atoms with Gasteiger partial charge < -0.3 is 14.3 Å². The highest BCUT2D eigenvalue weighted by molar-refractivity contribution is 7.95. The summed E-state index contributed by atoms with van der Waals surface area (Å²) in [5.74, 6) is 0.902. The molecule has 4 rings (SSSR count). The first-order valence-corrected chi connectivity index (χ1v) is 11.4. The van der Waals surface area contributed by atoms with E-state index in [1.165, 1.54) is 51.9 Å². The number of aromatic nitrogens is 1. The maximum Gasteiger partial charge on any atom is 0.137 e. The lowest BCUT2D eigenvalue weighted by Gasteiger charge is -2.20. The highest BCUT2D eigenvalue weighted by Gasteiger charge is 2.18. The minimum absolute atomic E-state index is 0.0968. The minimum Gasteiger partial charge on any atom is -0.425 e. The molecule has 168 valence electrons. The van der Waals surface area contributed by atoms with Crippen LogP contribution in [0.4, 0.5) is 0 Å². The quantitative estimate of drug-likeness (QED) is 0.471. The molecular weight excluding hydrogens is 416 g/mol. The Bertz CT molecular complexity index is 975. The standard InChI is InChI=1S/C24H23NOS.C2H7N.CH2O/c1-17-6-8-19(9-7-17)24(20-12-14-25-15-13-20)27-26-22-10-11-23-18(2)4-3-5-21(23)16-22;1-3-2;1-2/h6-16,24H,2-5H2,1H3;3H,1-2H3;1H2. The number of carbonyl (C=O) groups is 1. The van der Waals surface area contributed by atoms with E-state index in [1.54, 1.807) is 0 Å². The Labute approximate surface area is 196 Å². The van der Waals surface area contributed by atoms with Gasteiger partial charge in [0, 0.05) is 12.4 Å². The molecule has 0 saturated carbocycles. The van der Waals surface area contributed by atoms with Crippen LogP contribution in [0.1, 0.15) is 45.9 Å². The molecule has 1 aliphatic carbocycles. The summed E-state index contributed by atoms with van der Waals surface area (Å²) in [7, 11) is 3.75. The van der Waals surface area contributed by atoms with E-state index in [2.05, 4.69) is 78.4 Å². The summed E-state index contributed by atoms with van der Waals surface area (Å²) < 4.78 is 6.18. The van der Waals surface area contributed by atoms with Gasteiger partial charge in [-0.1, -0.05) is 42.5 Å². The molecule has 0 aliphatic heterocycles. The molecule has 0 fully saturated rings. The average Bonchev–Trinajstić information content (AvgIpc) is 2.83. The van der Waals surface area contributed by atoms with Gasteiger partial charge in [-0.2, -0.15) is 0 Å². The lowest BCUT2D eigenvalue weighted by molar-refractivity contribution is -0.0979. The molecule has 0 amide bonds. The predicted molar refractivity (Wildman–Crippen MR) is 136 cm³/mol. The topological polar surface area (TPSA) is 51.2 Å². The maximum absolute atomic E-state index is 8.00. The molecule has 0 saturated heterocycles. The molecule has 3 aromatic rings. The van der Waals surface area contributed by atoms with Crippen LogP contribution in [0.2, 0.25) is 0 Å². The lowest BCUT2D eigenvalue weighted by atomic mass is 9.88. The van der Waals surface area contributed by atoms with Crippen LogP contribution in [0.3, 0.4) is 0 Å². The van der Waals surface area contributed by atoms with Crippen molar-refractivity contribution in [1.29, 1.82) is 0 Å². The summed E-state index contributed by atoms with van der Waals surface area (Å²) >= 11 is 1.49. The number of carbonyl (C=O) groups excluding carboxylic acids is 1. The first kappa shape index (κ1) is 25.4. The van der Waals surface area contributed by atoms with Crippen molar-refractivity contribution in [2.45, 2.75) is 31.4 Å². The Morgan fingerprint density at radius 3 is 2.25 bits per heavy atom. The summed E-state index contributed by atoms with van der Waals surface area (Å²) in [6.07, 6.45) is 7.04. The molecule has 1 N–H and O–H groups in total. The first-order chi connectivity index (χ1) is 15.6. The molecule has 0 spiro atoms. The summed E-state index contributed by atoms with van der Waals surface area (Å²) in [5, 5.41) is 2.85. The Morgan fingerprint density at radius 1 is 0.969 bits per heavy atom. The SMILES string of the molecule is C=C1CCCc2cc(OSC(c3ccncc3)c3ccc(C)cc3)ccc21.C=O.CNC. The molecule has 0 bridgehead atoms. The number of fused-ring (bicyclic) bond motifs is 1. The fraction of sp³-hybridized carbons (Fsp3) is 0.259. The van der Waals surface area contributed by atoms with Crippen LogP contribution in [-0.4, -0.2) is 25.9 Å². The lowest BCUT2D eigenvalue weighted by Crippen LogP contribution is -2.02. The molecule has 1 heterocycles. The summed E-state index contributed by atoms with van der Waals surface area (Å²) in [6, 6.07) is 19.1. The fourth-order valence-electron chi connectivity index (χ4n) is 3.49. The zero-order valence-corrected chi connectivity index (χ0v) is 20.0. The number of aryl methyl sites for hydroxylation is 2. The van der Waals surface area contributed by atoms with Crippen molar-refractivity contribution in [2.24, 2.45) is 0 Å². The molecular formula is C27H32N2O2S. The van der Waals surface area contributed by atoms with Gasteiger partial charge in [0.05, 0.1) is 17.3 Å². The minimum atomic E-state index is 0.0968. The van der Waals surface area contributed by atoms with E-state index in [1.807, 2.05) is 33.3 Å². The maximum atomic E-state index is 8.00. The second kappa shape index (κ2) is 13.5. The second-order valence-electron chi connectivity index (χ2n) is 7.53. The predicted octanol–water partition coefficient (Wildman–Crippen LogP) is 6.21. The molecule has 2 aromatic carbocycles. The Kier molecular flexibility index (Phi) is 10.7. The van der Waals surface area contributed by atoms with Gasteiger partial charge in [-0.05, 0) is 92.4 Å². The summed E-state index contributed by atoms with van der Waals surface area (Å²) in [6.45, 7) is 8.30. The van der Waals surface area contributed by atoms with E-state index in [-0.39, 0.29) is 5.25 Å². The summed E-state index contributed by atoms with van der Waals surface area (Å²) in [5.41, 5.74) is 7.55. The molecule has 1 atom stereocenters. The number of nitrogens with one attached hydrogen (secondary N) is 1. The molecule has 1 aliphatic rings. The van der Waals surface area contributed by atoms with Crippen LogP contribution in [0.5, 0.6) is 5.75 Å². The Morgan fingerprint density at radius 2 is 1.59 bits per heavy atom. The molecule has 1 aromatic heterocycles. The number of pyridine rings is 1. The van der Waals surface area contributed by atoms with Crippen molar-refractivity contribution in [3.8, 4) is 5.75 Å². The van der Waals surface area contributed by atoms with Crippen LogP contribution >= 0.6 is 12.0 Å². The van der Waals surface area contributed by atoms with Crippen LogP contribution in [-0.2, 0) is 11.2 Å². The van der Waals surface area contributed by atoms with Gasteiger partial charge in [-0.15, -0.1) is 0 Å². The van der Waals surface area contributed by atoms with Crippen molar-refractivity contribution in [1.82, 2.24) is 10.3 Å². The zero-order chi connectivity index (χ0) is 23.3.